The number of hydrogen-bond donors (Lipinski definition) is 1. The fourth-order valence-electron chi connectivity index (χ4n) is 1.56. The van der Waals surface area contributed by atoms with Crippen LogP contribution in [0.4, 0.5) is 0 Å². The maximum Gasteiger partial charge on any atom is 0.0821 e. The van der Waals surface area contributed by atoms with Crippen LogP contribution >= 0.6 is 0 Å². The zero-order chi connectivity index (χ0) is 10.2. The lowest BCUT2D eigenvalue weighted by Gasteiger charge is -2.15. The lowest BCUT2D eigenvalue weighted by Crippen LogP contribution is -2.04. The van der Waals surface area contributed by atoms with E-state index in [1.54, 1.807) is 7.11 Å². The molecule has 2 nitrogen and oxygen atoms in total. The molecule has 2 N–H and O–H groups in total. The van der Waals surface area contributed by atoms with Crippen molar-refractivity contribution in [2.75, 3.05) is 13.7 Å². The van der Waals surface area contributed by atoms with Gasteiger partial charge in [-0.15, -0.1) is 0 Å². The first-order valence-corrected chi connectivity index (χ1v) is 5.16. The van der Waals surface area contributed by atoms with Gasteiger partial charge in [0.1, 0.15) is 0 Å². The summed E-state index contributed by atoms with van der Waals surface area (Å²) in [5, 5.41) is 0. The van der Waals surface area contributed by atoms with Gasteiger partial charge in [-0.05, 0) is 31.4 Å². The summed E-state index contributed by atoms with van der Waals surface area (Å²) in [6.45, 7) is 0.769. The molecular formula is C12H19NO. The molecule has 0 aliphatic rings. The molecule has 0 aromatic heterocycles. The van der Waals surface area contributed by atoms with E-state index in [1.807, 2.05) is 18.2 Å². The van der Waals surface area contributed by atoms with Crippen LogP contribution in [0.25, 0.3) is 0 Å². The number of ether oxygens (including phenoxy) is 1. The first kappa shape index (κ1) is 11.2. The van der Waals surface area contributed by atoms with Gasteiger partial charge in [-0.3, -0.25) is 0 Å². The molecule has 1 unspecified atom stereocenters. The molecule has 14 heavy (non-hydrogen) atoms. The Morgan fingerprint density at radius 3 is 2.50 bits per heavy atom. The van der Waals surface area contributed by atoms with E-state index in [0.717, 1.165) is 25.8 Å². The van der Waals surface area contributed by atoms with Crippen molar-refractivity contribution in [1.29, 1.82) is 0 Å². The van der Waals surface area contributed by atoms with E-state index in [1.165, 1.54) is 5.56 Å². The number of benzene rings is 1. The van der Waals surface area contributed by atoms with Gasteiger partial charge in [-0.2, -0.15) is 0 Å². The fourth-order valence-corrected chi connectivity index (χ4v) is 1.56. The van der Waals surface area contributed by atoms with E-state index in [4.69, 9.17) is 10.5 Å². The summed E-state index contributed by atoms with van der Waals surface area (Å²) in [6, 6.07) is 10.3. The van der Waals surface area contributed by atoms with Crippen molar-refractivity contribution in [2.24, 2.45) is 5.73 Å². The Kier molecular flexibility index (Phi) is 5.27. The van der Waals surface area contributed by atoms with E-state index < -0.39 is 0 Å². The summed E-state index contributed by atoms with van der Waals surface area (Å²) < 4.78 is 5.44. The summed E-state index contributed by atoms with van der Waals surface area (Å²) >= 11 is 0. The predicted octanol–water partition coefficient (Wildman–Crippen LogP) is 2.50. The minimum absolute atomic E-state index is 0.225. The summed E-state index contributed by atoms with van der Waals surface area (Å²) in [4.78, 5) is 0. The van der Waals surface area contributed by atoms with Crippen LogP contribution in [0.1, 0.15) is 30.9 Å². The van der Waals surface area contributed by atoms with Gasteiger partial charge >= 0.3 is 0 Å². The first-order valence-electron chi connectivity index (χ1n) is 5.16. The molecule has 2 heteroatoms. The number of methoxy groups -OCH3 is 1. The van der Waals surface area contributed by atoms with Crippen LogP contribution in [0.2, 0.25) is 0 Å². The third kappa shape index (κ3) is 3.48. The maximum absolute atomic E-state index is 5.45. The Labute approximate surface area is 86.1 Å². The molecule has 1 rings (SSSR count). The average Bonchev–Trinajstić information content (AvgIpc) is 2.26. The maximum atomic E-state index is 5.45. The molecule has 1 atom stereocenters. The van der Waals surface area contributed by atoms with Crippen molar-refractivity contribution >= 4 is 0 Å². The van der Waals surface area contributed by atoms with Crippen molar-refractivity contribution in [1.82, 2.24) is 0 Å². The Hall–Kier alpha value is -0.860. The highest BCUT2D eigenvalue weighted by Crippen LogP contribution is 2.21. The quantitative estimate of drug-likeness (QED) is 0.704. The van der Waals surface area contributed by atoms with Gasteiger partial charge in [0.25, 0.3) is 0 Å². The molecule has 0 aliphatic heterocycles. The van der Waals surface area contributed by atoms with Crippen molar-refractivity contribution in [3.05, 3.63) is 35.9 Å². The molecule has 0 saturated heterocycles. The minimum atomic E-state index is 0.225. The molecule has 0 saturated carbocycles. The van der Waals surface area contributed by atoms with E-state index in [2.05, 4.69) is 12.1 Å². The van der Waals surface area contributed by atoms with E-state index in [0.29, 0.717) is 0 Å². The second-order valence-electron chi connectivity index (χ2n) is 3.42. The minimum Gasteiger partial charge on any atom is -0.377 e. The summed E-state index contributed by atoms with van der Waals surface area (Å²) in [7, 11) is 1.76. The van der Waals surface area contributed by atoms with Crippen LogP contribution in [-0.2, 0) is 4.74 Å². The summed E-state index contributed by atoms with van der Waals surface area (Å²) in [5.41, 5.74) is 6.71. The second kappa shape index (κ2) is 6.57. The molecule has 0 bridgehead atoms. The van der Waals surface area contributed by atoms with Crippen LogP contribution < -0.4 is 5.73 Å². The lowest BCUT2D eigenvalue weighted by molar-refractivity contribution is 0.0934. The van der Waals surface area contributed by atoms with Crippen molar-refractivity contribution in [2.45, 2.75) is 25.4 Å². The standard InChI is InChI=1S/C12H19NO/c1-14-12(9-5-6-10-13)11-7-3-2-4-8-11/h2-4,7-8,12H,5-6,9-10,13H2,1H3. The van der Waals surface area contributed by atoms with Crippen LogP contribution in [0.15, 0.2) is 30.3 Å². The van der Waals surface area contributed by atoms with Crippen LogP contribution in [0.5, 0.6) is 0 Å². The first-order chi connectivity index (χ1) is 6.88. The highest BCUT2D eigenvalue weighted by atomic mass is 16.5. The van der Waals surface area contributed by atoms with Crippen LogP contribution in [0.3, 0.4) is 0 Å². The summed E-state index contributed by atoms with van der Waals surface area (Å²) in [5.74, 6) is 0. The largest absolute Gasteiger partial charge is 0.377 e. The van der Waals surface area contributed by atoms with Crippen LogP contribution in [0, 0.1) is 0 Å². The van der Waals surface area contributed by atoms with Gasteiger partial charge in [0, 0.05) is 7.11 Å². The lowest BCUT2D eigenvalue weighted by atomic mass is 10.0. The van der Waals surface area contributed by atoms with Crippen molar-refractivity contribution in [3.63, 3.8) is 0 Å². The van der Waals surface area contributed by atoms with Gasteiger partial charge in [0.15, 0.2) is 0 Å². The molecule has 0 spiro atoms. The highest BCUT2D eigenvalue weighted by Gasteiger charge is 2.08. The zero-order valence-corrected chi connectivity index (χ0v) is 8.78. The fraction of sp³-hybridized carbons (Fsp3) is 0.500. The molecule has 1 aromatic carbocycles. The summed E-state index contributed by atoms with van der Waals surface area (Å²) in [6.07, 6.45) is 3.48. The molecule has 0 fully saturated rings. The van der Waals surface area contributed by atoms with Crippen LogP contribution in [-0.4, -0.2) is 13.7 Å². The van der Waals surface area contributed by atoms with Gasteiger partial charge in [-0.25, -0.2) is 0 Å². The predicted molar refractivity (Wildman–Crippen MR) is 59.1 cm³/mol. The number of nitrogens with two attached hydrogens (primary N) is 1. The van der Waals surface area contributed by atoms with E-state index in [9.17, 15) is 0 Å². The van der Waals surface area contributed by atoms with Crippen molar-refractivity contribution < 1.29 is 4.74 Å². The van der Waals surface area contributed by atoms with Gasteiger partial charge < -0.3 is 10.5 Å². The number of rotatable bonds is 6. The third-order valence-electron chi connectivity index (χ3n) is 2.38. The molecular weight excluding hydrogens is 174 g/mol. The highest BCUT2D eigenvalue weighted by molar-refractivity contribution is 5.17. The van der Waals surface area contributed by atoms with Gasteiger partial charge in [0.05, 0.1) is 6.10 Å². The Morgan fingerprint density at radius 1 is 1.21 bits per heavy atom. The monoisotopic (exact) mass is 193 g/mol. The molecule has 78 valence electrons. The van der Waals surface area contributed by atoms with E-state index in [-0.39, 0.29) is 6.10 Å². The number of hydrogen-bond acceptors (Lipinski definition) is 2. The topological polar surface area (TPSA) is 35.2 Å². The van der Waals surface area contributed by atoms with E-state index >= 15 is 0 Å². The van der Waals surface area contributed by atoms with Gasteiger partial charge in [-0.1, -0.05) is 30.3 Å². The number of unbranched alkanes of at least 4 members (excludes halogenated alkanes) is 1. The molecule has 1 aromatic rings. The normalized spacial score (nSPS) is 12.7. The molecule has 0 amide bonds. The van der Waals surface area contributed by atoms with Gasteiger partial charge in [0.2, 0.25) is 0 Å². The second-order valence-corrected chi connectivity index (χ2v) is 3.42. The third-order valence-corrected chi connectivity index (χ3v) is 2.38. The zero-order valence-electron chi connectivity index (χ0n) is 8.78. The average molecular weight is 193 g/mol. The Bertz CT molecular complexity index is 235. The van der Waals surface area contributed by atoms with Crippen molar-refractivity contribution in [3.8, 4) is 0 Å². The SMILES string of the molecule is COC(CCCCN)c1ccccc1. The molecule has 0 radical (unpaired) electrons. The Morgan fingerprint density at radius 2 is 1.93 bits per heavy atom. The Balaban J connectivity index is 2.46. The molecule has 0 heterocycles. The molecule has 0 aliphatic carbocycles. The smallest absolute Gasteiger partial charge is 0.0821 e.